The van der Waals surface area contributed by atoms with E-state index >= 15 is 0 Å². The first-order chi connectivity index (χ1) is 12.2. The molecule has 0 aliphatic carbocycles. The van der Waals surface area contributed by atoms with Crippen molar-refractivity contribution in [1.82, 2.24) is 30.2 Å². The Morgan fingerprint density at radius 2 is 2.00 bits per heavy atom. The van der Waals surface area contributed by atoms with Crippen LogP contribution in [0.25, 0.3) is 0 Å². The number of aromatic nitrogens is 4. The van der Waals surface area contributed by atoms with Crippen molar-refractivity contribution in [3.63, 3.8) is 0 Å². The van der Waals surface area contributed by atoms with Gasteiger partial charge in [-0.1, -0.05) is 13.8 Å². The SMILES string of the molecule is CCNC(=NCc1c(CC)nn(C)c1CC)NCCCn1cccn1.I. The molecule has 0 unspecified atom stereocenters. The topological polar surface area (TPSA) is 72.1 Å². The fourth-order valence-corrected chi connectivity index (χ4v) is 2.95. The zero-order chi connectivity index (χ0) is 18.1. The first kappa shape index (κ1) is 22.5. The number of halogens is 1. The van der Waals surface area contributed by atoms with Crippen molar-refractivity contribution >= 4 is 29.9 Å². The monoisotopic (exact) mass is 473 g/mol. The number of guanidine groups is 1. The summed E-state index contributed by atoms with van der Waals surface area (Å²) in [6.07, 6.45) is 6.71. The smallest absolute Gasteiger partial charge is 0.191 e. The number of nitrogens with zero attached hydrogens (tertiary/aromatic N) is 5. The zero-order valence-corrected chi connectivity index (χ0v) is 18.7. The van der Waals surface area contributed by atoms with Gasteiger partial charge in [0.2, 0.25) is 0 Å². The number of rotatable bonds is 9. The average Bonchev–Trinajstić information content (AvgIpc) is 3.23. The Morgan fingerprint density at radius 3 is 2.62 bits per heavy atom. The molecular formula is C18H32IN7. The van der Waals surface area contributed by atoms with E-state index in [0.29, 0.717) is 6.54 Å². The van der Waals surface area contributed by atoms with E-state index in [1.165, 1.54) is 11.3 Å². The van der Waals surface area contributed by atoms with Gasteiger partial charge in [-0.2, -0.15) is 10.2 Å². The molecule has 0 bridgehead atoms. The van der Waals surface area contributed by atoms with Crippen LogP contribution in [0.4, 0.5) is 0 Å². The molecule has 2 aromatic heterocycles. The van der Waals surface area contributed by atoms with Gasteiger partial charge in [-0.25, -0.2) is 4.99 Å². The molecule has 0 radical (unpaired) electrons. The summed E-state index contributed by atoms with van der Waals surface area (Å²) in [7, 11) is 2.02. The maximum Gasteiger partial charge on any atom is 0.191 e. The normalized spacial score (nSPS) is 11.3. The van der Waals surface area contributed by atoms with E-state index in [1.54, 1.807) is 0 Å². The van der Waals surface area contributed by atoms with E-state index in [9.17, 15) is 0 Å². The third-order valence-corrected chi connectivity index (χ3v) is 4.18. The molecule has 8 heteroatoms. The van der Waals surface area contributed by atoms with Crippen molar-refractivity contribution < 1.29 is 0 Å². The molecule has 2 aromatic rings. The van der Waals surface area contributed by atoms with E-state index in [-0.39, 0.29) is 24.0 Å². The fraction of sp³-hybridized carbons (Fsp3) is 0.611. The van der Waals surface area contributed by atoms with Crippen LogP contribution in [0.15, 0.2) is 23.5 Å². The van der Waals surface area contributed by atoms with E-state index in [0.717, 1.165) is 50.6 Å². The van der Waals surface area contributed by atoms with Gasteiger partial charge in [-0.15, -0.1) is 24.0 Å². The molecule has 7 nitrogen and oxygen atoms in total. The molecule has 26 heavy (non-hydrogen) atoms. The number of hydrogen-bond donors (Lipinski definition) is 2. The largest absolute Gasteiger partial charge is 0.357 e. The summed E-state index contributed by atoms with van der Waals surface area (Å²) in [4.78, 5) is 4.77. The van der Waals surface area contributed by atoms with Crippen LogP contribution in [0.3, 0.4) is 0 Å². The predicted molar refractivity (Wildman–Crippen MR) is 117 cm³/mol. The highest BCUT2D eigenvalue weighted by atomic mass is 127. The standard InChI is InChI=1S/C18H31N7.HI/c1-5-16-15(17(6-2)24(4)23-16)14-21-18(19-7-3)20-10-8-12-25-13-9-11-22-25;/h9,11,13H,5-8,10,12,14H2,1-4H3,(H2,19,20,21);1H. The highest BCUT2D eigenvalue weighted by Gasteiger charge is 2.13. The van der Waals surface area contributed by atoms with Crippen molar-refractivity contribution in [2.24, 2.45) is 12.0 Å². The minimum atomic E-state index is 0. The quantitative estimate of drug-likeness (QED) is 0.254. The summed E-state index contributed by atoms with van der Waals surface area (Å²) >= 11 is 0. The maximum absolute atomic E-state index is 4.77. The van der Waals surface area contributed by atoms with Crippen LogP contribution >= 0.6 is 24.0 Å². The molecule has 146 valence electrons. The van der Waals surface area contributed by atoms with Gasteiger partial charge >= 0.3 is 0 Å². The Hall–Kier alpha value is -1.58. The second-order valence-corrected chi connectivity index (χ2v) is 5.95. The second kappa shape index (κ2) is 11.9. The van der Waals surface area contributed by atoms with Crippen LogP contribution in [-0.4, -0.2) is 38.6 Å². The van der Waals surface area contributed by atoms with Crippen LogP contribution in [0, 0.1) is 0 Å². The van der Waals surface area contributed by atoms with Crippen molar-refractivity contribution in [2.75, 3.05) is 13.1 Å². The minimum absolute atomic E-state index is 0. The maximum atomic E-state index is 4.77. The van der Waals surface area contributed by atoms with Gasteiger partial charge < -0.3 is 10.6 Å². The van der Waals surface area contributed by atoms with E-state index in [2.05, 4.69) is 41.6 Å². The van der Waals surface area contributed by atoms with E-state index in [4.69, 9.17) is 4.99 Å². The highest BCUT2D eigenvalue weighted by molar-refractivity contribution is 14.0. The summed E-state index contributed by atoms with van der Waals surface area (Å²) in [5.74, 6) is 0.857. The van der Waals surface area contributed by atoms with Gasteiger partial charge in [0.15, 0.2) is 5.96 Å². The van der Waals surface area contributed by atoms with Crippen molar-refractivity contribution in [2.45, 2.75) is 53.1 Å². The van der Waals surface area contributed by atoms with Crippen molar-refractivity contribution in [1.29, 1.82) is 0 Å². The molecule has 0 aromatic carbocycles. The van der Waals surface area contributed by atoms with Gasteiger partial charge in [0, 0.05) is 50.3 Å². The summed E-state index contributed by atoms with van der Waals surface area (Å²) in [5.41, 5.74) is 3.69. The predicted octanol–water partition coefficient (Wildman–Crippen LogP) is 2.50. The van der Waals surface area contributed by atoms with Gasteiger partial charge in [0.25, 0.3) is 0 Å². The molecule has 0 saturated carbocycles. The molecule has 0 saturated heterocycles. The summed E-state index contributed by atoms with van der Waals surface area (Å²) in [5, 5.41) is 15.6. The second-order valence-electron chi connectivity index (χ2n) is 5.95. The Kier molecular flexibility index (Phi) is 10.3. The Bertz CT molecular complexity index is 661. The Labute approximate surface area is 173 Å². The van der Waals surface area contributed by atoms with Crippen LogP contribution in [0.2, 0.25) is 0 Å². The molecule has 2 rings (SSSR count). The lowest BCUT2D eigenvalue weighted by molar-refractivity contribution is 0.570. The van der Waals surface area contributed by atoms with E-state index < -0.39 is 0 Å². The van der Waals surface area contributed by atoms with Crippen LogP contribution in [0.5, 0.6) is 0 Å². The Balaban J connectivity index is 0.00000338. The summed E-state index contributed by atoms with van der Waals surface area (Å²) in [6.45, 7) is 9.67. The third kappa shape index (κ3) is 6.30. The third-order valence-electron chi connectivity index (χ3n) is 4.18. The molecule has 0 aliphatic heterocycles. The minimum Gasteiger partial charge on any atom is -0.357 e. The van der Waals surface area contributed by atoms with Gasteiger partial charge in [0.05, 0.1) is 12.2 Å². The highest BCUT2D eigenvalue weighted by Crippen LogP contribution is 2.16. The van der Waals surface area contributed by atoms with E-state index in [1.807, 2.05) is 34.9 Å². The average molecular weight is 473 g/mol. The lowest BCUT2D eigenvalue weighted by atomic mass is 10.1. The van der Waals surface area contributed by atoms with Crippen LogP contribution in [0.1, 0.15) is 44.1 Å². The number of nitrogens with one attached hydrogen (secondary N) is 2. The number of hydrogen-bond acceptors (Lipinski definition) is 3. The van der Waals surface area contributed by atoms with Crippen molar-refractivity contribution in [3.8, 4) is 0 Å². The Morgan fingerprint density at radius 1 is 1.19 bits per heavy atom. The lowest BCUT2D eigenvalue weighted by Crippen LogP contribution is -2.38. The molecule has 0 fully saturated rings. The first-order valence-corrected chi connectivity index (χ1v) is 9.22. The fourth-order valence-electron chi connectivity index (χ4n) is 2.95. The molecular weight excluding hydrogens is 441 g/mol. The van der Waals surface area contributed by atoms with Crippen LogP contribution < -0.4 is 10.6 Å². The molecule has 0 spiro atoms. The number of aryl methyl sites for hydroxylation is 3. The van der Waals surface area contributed by atoms with Gasteiger partial charge in [-0.3, -0.25) is 9.36 Å². The summed E-state index contributed by atoms with van der Waals surface area (Å²) < 4.78 is 3.94. The summed E-state index contributed by atoms with van der Waals surface area (Å²) in [6, 6.07) is 1.95. The van der Waals surface area contributed by atoms with Gasteiger partial charge in [0.1, 0.15) is 0 Å². The molecule has 0 amide bonds. The molecule has 0 atom stereocenters. The zero-order valence-electron chi connectivity index (χ0n) is 16.3. The van der Waals surface area contributed by atoms with Crippen LogP contribution in [-0.2, 0) is 33.0 Å². The lowest BCUT2D eigenvalue weighted by Gasteiger charge is -2.11. The number of aliphatic imine (C=N–C) groups is 1. The molecule has 2 N–H and O–H groups in total. The van der Waals surface area contributed by atoms with Crippen molar-refractivity contribution in [3.05, 3.63) is 35.4 Å². The molecule has 0 aliphatic rings. The first-order valence-electron chi connectivity index (χ1n) is 9.22. The molecule has 2 heterocycles. The van der Waals surface area contributed by atoms with Gasteiger partial charge in [-0.05, 0) is 32.3 Å².